The van der Waals surface area contributed by atoms with Crippen molar-refractivity contribution in [1.29, 1.82) is 0 Å². The summed E-state index contributed by atoms with van der Waals surface area (Å²) >= 11 is 0. The highest BCUT2D eigenvalue weighted by molar-refractivity contribution is 6.25. The first-order valence-electron chi connectivity index (χ1n) is 24.1. The van der Waals surface area contributed by atoms with Crippen molar-refractivity contribution in [3.05, 3.63) is 212 Å². The number of hydrogen-bond acceptors (Lipinski definition) is 16. The first kappa shape index (κ1) is 65.4. The van der Waals surface area contributed by atoms with E-state index in [4.69, 9.17) is 27.1 Å². The topological polar surface area (TPSA) is 218 Å². The number of carbonyl (C=O) groups excluding carboxylic acids is 5. The van der Waals surface area contributed by atoms with Crippen LogP contribution in [-0.2, 0) is 0 Å². The van der Waals surface area contributed by atoms with E-state index in [1.165, 1.54) is 0 Å². The second-order valence-corrected chi connectivity index (χ2v) is 18.4. The molecule has 0 unspecified atom stereocenters. The minimum absolute atomic E-state index is 0.0458. The fourth-order valence-corrected chi connectivity index (χ4v) is 8.77. The number of halogens is 25. The summed E-state index contributed by atoms with van der Waals surface area (Å²) in [6.45, 7) is 0. The quantitative estimate of drug-likeness (QED) is 0.0182. The van der Waals surface area contributed by atoms with Crippen LogP contribution in [0.4, 0.5) is 110 Å². The van der Waals surface area contributed by atoms with E-state index in [0.29, 0.717) is 0 Å². The van der Waals surface area contributed by atoms with Crippen molar-refractivity contribution >= 4 is 84.9 Å². The summed E-state index contributed by atoms with van der Waals surface area (Å²) in [4.78, 5) is 96.1. The zero-order valence-corrected chi connectivity index (χ0v) is 43.7. The third-order valence-electron chi connectivity index (χ3n) is 13.1. The van der Waals surface area contributed by atoms with Gasteiger partial charge in [-0.15, -0.1) is 0 Å². The van der Waals surface area contributed by atoms with Crippen LogP contribution in [0.2, 0.25) is 0 Å². The number of esters is 5. The van der Waals surface area contributed by atoms with Crippen LogP contribution in [-0.4, -0.2) is 29.8 Å². The van der Waals surface area contributed by atoms with Crippen molar-refractivity contribution in [3.63, 3.8) is 0 Å². The van der Waals surface area contributed by atoms with Gasteiger partial charge in [0.1, 0.15) is 27.8 Å². The van der Waals surface area contributed by atoms with Gasteiger partial charge in [0.25, 0.3) is 0 Å². The highest BCUT2D eigenvalue weighted by atomic mass is 19.2. The summed E-state index contributed by atoms with van der Waals surface area (Å²) < 4.78 is 411. The van der Waals surface area contributed by atoms with Gasteiger partial charge < -0.3 is 41.4 Å². The minimum Gasteiger partial charge on any atom is -0.445 e. The molecule has 0 aliphatic carbocycles. The Morgan fingerprint density at radius 2 is 0.479 bits per heavy atom. The summed E-state index contributed by atoms with van der Waals surface area (Å²) in [7, 11) is 0. The molecule has 0 atom stereocenters. The molecule has 0 spiro atoms. The van der Waals surface area contributed by atoms with Gasteiger partial charge in [-0.05, 0) is 0 Å². The summed E-state index contributed by atoms with van der Waals surface area (Å²) in [6.07, 6.45) is 0. The van der Waals surface area contributed by atoms with Gasteiger partial charge in [-0.25, -0.2) is 143 Å². The Bertz CT molecular complexity index is 5490. The lowest BCUT2D eigenvalue weighted by Gasteiger charge is -2.18. The first-order valence-corrected chi connectivity index (χ1v) is 24.1. The van der Waals surface area contributed by atoms with Gasteiger partial charge in [0.2, 0.25) is 57.5 Å². The average Bonchev–Trinajstić information content (AvgIpc) is 0.702. The zero-order chi connectivity index (χ0) is 70.5. The zero-order valence-electron chi connectivity index (χ0n) is 43.7. The molecule has 0 saturated carbocycles. The predicted octanol–water partition coefficient (Wildman–Crippen LogP) is 14.1. The number of hydrogen-bond donors (Lipinski definition) is 0. The number of ether oxygens (including phenoxy) is 5. The molecule has 0 saturated heterocycles. The summed E-state index contributed by atoms with van der Waals surface area (Å²) in [5, 5.41) is -5.05. The van der Waals surface area contributed by atoms with Crippen LogP contribution in [0.1, 0.15) is 51.8 Å². The van der Waals surface area contributed by atoms with Gasteiger partial charge in [0, 0.05) is 29.0 Å². The molecule has 0 N–H and O–H groups in total. The second-order valence-electron chi connectivity index (χ2n) is 18.4. The van der Waals surface area contributed by atoms with E-state index >= 15 is 35.1 Å². The molecule has 96 heavy (non-hydrogen) atoms. The molecule has 0 bridgehead atoms. The van der Waals surface area contributed by atoms with Crippen LogP contribution in [0.5, 0.6) is 28.7 Å². The molecule has 0 aliphatic rings. The van der Waals surface area contributed by atoms with Crippen molar-refractivity contribution in [2.24, 2.45) is 0 Å². The van der Waals surface area contributed by atoms with Gasteiger partial charge >= 0.3 is 41.1 Å². The normalized spacial score (nSPS) is 11.7. The molecule has 494 valence electrons. The lowest BCUT2D eigenvalue weighted by molar-refractivity contribution is 0.0643. The van der Waals surface area contributed by atoms with Gasteiger partial charge in [-0.2, -0.15) is 0 Å². The minimum atomic E-state index is -3.11. The molecule has 3 aromatic heterocycles. The van der Waals surface area contributed by atoms with Crippen molar-refractivity contribution in [1.82, 2.24) is 0 Å². The molecule has 0 radical (unpaired) electrons. The molecule has 41 heteroatoms. The second kappa shape index (κ2) is 22.9. The van der Waals surface area contributed by atoms with E-state index in [1.54, 1.807) is 0 Å². The Morgan fingerprint density at radius 3 is 0.823 bits per heavy atom. The van der Waals surface area contributed by atoms with Crippen LogP contribution in [0.25, 0.3) is 55.0 Å². The van der Waals surface area contributed by atoms with Crippen molar-refractivity contribution < 1.29 is 175 Å². The first-order chi connectivity index (χ1) is 44.9. The fourth-order valence-electron chi connectivity index (χ4n) is 8.77. The van der Waals surface area contributed by atoms with Gasteiger partial charge in [-0.1, -0.05) is 0 Å². The molecule has 8 aromatic carbocycles. The summed E-state index contributed by atoms with van der Waals surface area (Å²) in [5.41, 5.74) is -27.3. The maximum absolute atomic E-state index is 15.3. The lowest BCUT2D eigenvalue weighted by Crippen LogP contribution is -2.21. The molecular formula is C55H3F25O16. The average molecular weight is 1390 g/mol. The Morgan fingerprint density at radius 1 is 0.240 bits per heavy atom. The van der Waals surface area contributed by atoms with E-state index in [-0.39, 0.29) is 18.2 Å². The molecule has 0 amide bonds. The molecule has 3 heterocycles. The maximum atomic E-state index is 15.3. The largest absolute Gasteiger partial charge is 0.445 e. The van der Waals surface area contributed by atoms with Crippen molar-refractivity contribution in [3.8, 4) is 28.7 Å². The lowest BCUT2D eigenvalue weighted by atomic mass is 10.0. The standard InChI is InChI=1S/C55H3F25O16/c56-17-12(18(57)28(67)37(76)27(17)66)51(83)90-7-2-5-11-10-4(49(81)95-47(11)43(7)92-53(85)14-21(60)31(70)39(78)32(71)22(14)61)1-6-42(46(10)94-50(5)82)89-8-3-9(91-52(84)13-19(58)29(68)38(77)30(69)20(13)59)45(93-54(86)15-23(62)33(72)40(79)34(73)24(15)63)48(44(8)88-6)96-55(87)16-25(64)35(74)41(80)36(75)26(16)65/h1-3H. The molecule has 11 rings (SSSR count). The van der Waals surface area contributed by atoms with E-state index in [1.807, 2.05) is 0 Å². The molecule has 16 nitrogen and oxygen atoms in total. The Kier molecular flexibility index (Phi) is 15.6. The molecule has 11 aromatic rings. The predicted molar refractivity (Wildman–Crippen MR) is 252 cm³/mol. The van der Waals surface area contributed by atoms with Gasteiger partial charge in [0.15, 0.2) is 150 Å². The fraction of sp³-hybridized carbons (Fsp3) is 0. The molecule has 0 aliphatic heterocycles. The Labute approximate surface area is 500 Å². The van der Waals surface area contributed by atoms with Crippen LogP contribution >= 0.6 is 0 Å². The summed E-state index contributed by atoms with van der Waals surface area (Å²) in [5.74, 6) is -102. The van der Waals surface area contributed by atoms with Crippen LogP contribution in [0.15, 0.2) is 45.5 Å². The monoisotopic (exact) mass is 1390 g/mol. The smallest absolute Gasteiger partial charge is 0.350 e. The number of fused-ring (bicyclic) bond motifs is 3. The SMILES string of the molecule is O=C(Oc1cc2oc3c(cc4c(=O)oc5c(OC(=O)c6c(F)c(F)c(F)c(F)c6F)c(OC(=O)c6c(F)c(F)c(F)c(F)c6F)cc6c(=O)oc3c4c56)oc2c(OC(=O)c2c(F)c(F)c(F)c(F)c2F)c1OC(=O)c1c(F)c(F)c(F)c(F)c1F)c1c(F)c(F)c(F)c(F)c1F. The maximum Gasteiger partial charge on any atom is 0.350 e. The van der Waals surface area contributed by atoms with Crippen LogP contribution in [0, 0.1) is 145 Å². The Hall–Kier alpha value is -12.1. The Balaban J connectivity index is 1.23. The van der Waals surface area contributed by atoms with E-state index in [9.17, 15) is 108 Å². The van der Waals surface area contributed by atoms with Gasteiger partial charge in [0.05, 0.1) is 10.8 Å². The van der Waals surface area contributed by atoms with E-state index < -0.39 is 298 Å². The van der Waals surface area contributed by atoms with E-state index in [2.05, 4.69) is 14.2 Å². The highest BCUT2D eigenvalue weighted by Crippen LogP contribution is 2.50. The van der Waals surface area contributed by atoms with Gasteiger partial charge in [-0.3, -0.25) is 0 Å². The van der Waals surface area contributed by atoms with Crippen LogP contribution in [0.3, 0.4) is 0 Å². The molecular weight excluding hydrogens is 1390 g/mol. The highest BCUT2D eigenvalue weighted by Gasteiger charge is 2.41. The van der Waals surface area contributed by atoms with Crippen molar-refractivity contribution in [2.45, 2.75) is 0 Å². The third kappa shape index (κ3) is 9.63. The summed E-state index contributed by atoms with van der Waals surface area (Å²) in [6, 6.07) is -0.0856. The number of benzene rings is 8. The van der Waals surface area contributed by atoms with E-state index in [0.717, 1.165) is 0 Å². The number of rotatable bonds is 10. The van der Waals surface area contributed by atoms with Crippen molar-refractivity contribution in [2.75, 3.05) is 0 Å². The van der Waals surface area contributed by atoms with Crippen LogP contribution < -0.4 is 34.9 Å². The third-order valence-corrected chi connectivity index (χ3v) is 13.1. The molecule has 0 fully saturated rings. The number of carbonyl (C=O) groups is 5.